The highest BCUT2D eigenvalue weighted by Crippen LogP contribution is 2.27. The highest BCUT2D eigenvalue weighted by Gasteiger charge is 2.08. The van der Waals surface area contributed by atoms with Crippen LogP contribution in [0.2, 0.25) is 0 Å². The summed E-state index contributed by atoms with van der Waals surface area (Å²) in [5.74, 6) is 1.24. The molecule has 0 spiro atoms. The van der Waals surface area contributed by atoms with Crippen LogP contribution in [0.5, 0.6) is 5.75 Å². The predicted octanol–water partition coefficient (Wildman–Crippen LogP) is 2.06. The molecule has 0 atom stereocenters. The molecule has 0 saturated carbocycles. The number of hydrogen-bond acceptors (Lipinski definition) is 3. The fraction of sp³-hybridized carbons (Fsp3) is 0.231. The topological polar surface area (TPSA) is 55.0 Å². The van der Waals surface area contributed by atoms with Crippen LogP contribution < -0.4 is 10.3 Å². The van der Waals surface area contributed by atoms with E-state index in [2.05, 4.69) is 9.97 Å². The zero-order valence-electron chi connectivity index (χ0n) is 10.1. The van der Waals surface area contributed by atoms with E-state index in [0.717, 1.165) is 11.1 Å². The standard InChI is InChI=1S/C13H14N2O2/c1-8-4-5-10(11(6-8)17-3)13-14-9(2)7-12(16)15-13/h4-7H,1-3H3,(H,14,15,16). The molecule has 0 aliphatic heterocycles. The summed E-state index contributed by atoms with van der Waals surface area (Å²) in [5.41, 5.74) is 2.42. The number of H-pyrrole nitrogens is 1. The van der Waals surface area contributed by atoms with Crippen LogP contribution in [0.4, 0.5) is 0 Å². The molecule has 0 saturated heterocycles. The lowest BCUT2D eigenvalue weighted by atomic mass is 10.1. The van der Waals surface area contributed by atoms with Crippen molar-refractivity contribution in [2.75, 3.05) is 7.11 Å². The second-order valence-electron chi connectivity index (χ2n) is 3.94. The number of nitrogens with one attached hydrogen (secondary N) is 1. The molecule has 0 bridgehead atoms. The molecule has 2 rings (SSSR count). The zero-order valence-corrected chi connectivity index (χ0v) is 10.1. The maximum absolute atomic E-state index is 11.4. The van der Waals surface area contributed by atoms with Crippen molar-refractivity contribution >= 4 is 0 Å². The van der Waals surface area contributed by atoms with Gasteiger partial charge in [-0.1, -0.05) is 6.07 Å². The van der Waals surface area contributed by atoms with Crippen LogP contribution in [0.1, 0.15) is 11.3 Å². The van der Waals surface area contributed by atoms with E-state index >= 15 is 0 Å². The van der Waals surface area contributed by atoms with Gasteiger partial charge in [0.05, 0.1) is 12.7 Å². The Labute approximate surface area is 99.3 Å². The van der Waals surface area contributed by atoms with E-state index in [0.29, 0.717) is 17.3 Å². The molecule has 0 aliphatic rings. The van der Waals surface area contributed by atoms with Gasteiger partial charge in [0.2, 0.25) is 0 Å². The van der Waals surface area contributed by atoms with Crippen molar-refractivity contribution < 1.29 is 4.74 Å². The first kappa shape index (κ1) is 11.4. The number of benzene rings is 1. The molecule has 0 unspecified atom stereocenters. The van der Waals surface area contributed by atoms with E-state index < -0.39 is 0 Å². The average molecular weight is 230 g/mol. The molecule has 4 nitrogen and oxygen atoms in total. The lowest BCUT2D eigenvalue weighted by Gasteiger charge is -2.08. The molecule has 1 heterocycles. The number of ether oxygens (including phenoxy) is 1. The SMILES string of the molecule is COc1cc(C)ccc1-c1nc(C)cc(=O)[nH]1. The van der Waals surface area contributed by atoms with Crippen molar-refractivity contribution in [3.63, 3.8) is 0 Å². The Morgan fingerprint density at radius 3 is 2.65 bits per heavy atom. The second-order valence-corrected chi connectivity index (χ2v) is 3.94. The first-order chi connectivity index (χ1) is 8.10. The molecule has 0 fully saturated rings. The maximum atomic E-state index is 11.4. The summed E-state index contributed by atoms with van der Waals surface area (Å²) in [6.07, 6.45) is 0. The van der Waals surface area contributed by atoms with Gasteiger partial charge in [-0.25, -0.2) is 4.98 Å². The molecule has 0 amide bonds. The van der Waals surface area contributed by atoms with Crippen molar-refractivity contribution in [2.24, 2.45) is 0 Å². The highest BCUT2D eigenvalue weighted by atomic mass is 16.5. The molecule has 4 heteroatoms. The lowest BCUT2D eigenvalue weighted by Crippen LogP contribution is -2.09. The minimum atomic E-state index is -0.157. The van der Waals surface area contributed by atoms with Crippen LogP contribution in [0, 0.1) is 13.8 Å². The molecule has 88 valence electrons. The van der Waals surface area contributed by atoms with E-state index in [9.17, 15) is 4.79 Å². The molecule has 17 heavy (non-hydrogen) atoms. The van der Waals surface area contributed by atoms with Gasteiger partial charge in [0.25, 0.3) is 5.56 Å². The van der Waals surface area contributed by atoms with Crippen LogP contribution in [0.25, 0.3) is 11.4 Å². The third-order valence-corrected chi connectivity index (χ3v) is 2.48. The Bertz CT molecular complexity index is 603. The van der Waals surface area contributed by atoms with Crippen molar-refractivity contribution in [1.82, 2.24) is 9.97 Å². The van der Waals surface area contributed by atoms with E-state index in [1.807, 2.05) is 25.1 Å². The van der Waals surface area contributed by atoms with Crippen LogP contribution in [-0.2, 0) is 0 Å². The molecule has 2 aromatic rings. The molecule has 1 aromatic heterocycles. The number of rotatable bonds is 2. The Morgan fingerprint density at radius 2 is 2.00 bits per heavy atom. The van der Waals surface area contributed by atoms with E-state index in [-0.39, 0.29) is 5.56 Å². The van der Waals surface area contributed by atoms with E-state index in [4.69, 9.17) is 4.74 Å². The van der Waals surface area contributed by atoms with Gasteiger partial charge in [0, 0.05) is 11.8 Å². The number of aromatic nitrogens is 2. The number of aryl methyl sites for hydroxylation is 2. The quantitative estimate of drug-likeness (QED) is 0.859. The summed E-state index contributed by atoms with van der Waals surface area (Å²) >= 11 is 0. The van der Waals surface area contributed by atoms with Crippen molar-refractivity contribution in [1.29, 1.82) is 0 Å². The average Bonchev–Trinajstić information content (AvgIpc) is 2.27. The van der Waals surface area contributed by atoms with Gasteiger partial charge < -0.3 is 9.72 Å². The molecule has 1 N–H and O–H groups in total. The summed E-state index contributed by atoms with van der Waals surface area (Å²) in [6, 6.07) is 7.23. The number of aromatic amines is 1. The summed E-state index contributed by atoms with van der Waals surface area (Å²) in [7, 11) is 1.60. The predicted molar refractivity (Wildman–Crippen MR) is 66.3 cm³/mol. The summed E-state index contributed by atoms with van der Waals surface area (Å²) in [4.78, 5) is 18.4. The van der Waals surface area contributed by atoms with Gasteiger partial charge in [0.15, 0.2) is 0 Å². The largest absolute Gasteiger partial charge is 0.496 e. The van der Waals surface area contributed by atoms with Crippen LogP contribution >= 0.6 is 0 Å². The third kappa shape index (κ3) is 2.36. The smallest absolute Gasteiger partial charge is 0.251 e. The van der Waals surface area contributed by atoms with Gasteiger partial charge >= 0.3 is 0 Å². The summed E-state index contributed by atoms with van der Waals surface area (Å²) in [6.45, 7) is 3.78. The van der Waals surface area contributed by atoms with Crippen LogP contribution in [-0.4, -0.2) is 17.1 Å². The normalized spacial score (nSPS) is 10.3. The van der Waals surface area contributed by atoms with Crippen molar-refractivity contribution in [3.8, 4) is 17.1 Å². The van der Waals surface area contributed by atoms with Crippen LogP contribution in [0.3, 0.4) is 0 Å². The number of hydrogen-bond donors (Lipinski definition) is 1. The number of nitrogens with zero attached hydrogens (tertiary/aromatic N) is 1. The maximum Gasteiger partial charge on any atom is 0.251 e. The third-order valence-electron chi connectivity index (χ3n) is 2.48. The first-order valence-corrected chi connectivity index (χ1v) is 5.33. The molecule has 1 aromatic carbocycles. The number of methoxy groups -OCH3 is 1. The fourth-order valence-corrected chi connectivity index (χ4v) is 1.70. The van der Waals surface area contributed by atoms with Crippen molar-refractivity contribution in [3.05, 3.63) is 45.9 Å². The first-order valence-electron chi connectivity index (χ1n) is 5.33. The van der Waals surface area contributed by atoms with Gasteiger partial charge in [-0.15, -0.1) is 0 Å². The van der Waals surface area contributed by atoms with Gasteiger partial charge in [-0.05, 0) is 31.5 Å². The highest BCUT2D eigenvalue weighted by molar-refractivity contribution is 5.64. The summed E-state index contributed by atoms with van der Waals surface area (Å²) < 4.78 is 5.30. The second kappa shape index (κ2) is 4.41. The van der Waals surface area contributed by atoms with Crippen LogP contribution in [0.15, 0.2) is 29.1 Å². The minimum Gasteiger partial charge on any atom is -0.496 e. The van der Waals surface area contributed by atoms with Gasteiger partial charge in [-0.3, -0.25) is 4.79 Å². The zero-order chi connectivity index (χ0) is 12.4. The Kier molecular flexibility index (Phi) is 2.95. The molecule has 0 radical (unpaired) electrons. The fourth-order valence-electron chi connectivity index (χ4n) is 1.70. The molecular formula is C13H14N2O2. The van der Waals surface area contributed by atoms with Crippen molar-refractivity contribution in [2.45, 2.75) is 13.8 Å². The van der Waals surface area contributed by atoms with E-state index in [1.54, 1.807) is 14.0 Å². The Morgan fingerprint density at radius 1 is 1.24 bits per heavy atom. The minimum absolute atomic E-state index is 0.157. The monoisotopic (exact) mass is 230 g/mol. The lowest BCUT2D eigenvalue weighted by molar-refractivity contribution is 0.416. The summed E-state index contributed by atoms with van der Waals surface area (Å²) in [5, 5.41) is 0. The molecule has 0 aliphatic carbocycles. The molecular weight excluding hydrogens is 216 g/mol. The van der Waals surface area contributed by atoms with Gasteiger partial charge in [0.1, 0.15) is 11.6 Å². The Balaban J connectivity index is 2.63. The van der Waals surface area contributed by atoms with Gasteiger partial charge in [-0.2, -0.15) is 0 Å². The van der Waals surface area contributed by atoms with E-state index in [1.165, 1.54) is 6.07 Å². The Hall–Kier alpha value is -2.10.